The van der Waals surface area contributed by atoms with Crippen LogP contribution in [0.25, 0.3) is 0 Å². The Kier molecular flexibility index (Phi) is 4.06. The van der Waals surface area contributed by atoms with Gasteiger partial charge in [-0.25, -0.2) is 8.78 Å². The topological polar surface area (TPSA) is 81.4 Å². The van der Waals surface area contributed by atoms with Crippen LogP contribution in [0, 0.1) is 17.6 Å². The van der Waals surface area contributed by atoms with Crippen LogP contribution in [0.3, 0.4) is 0 Å². The molecule has 2 aliphatic rings. The average Bonchev–Trinajstić information content (AvgIpc) is 3.16. The molecule has 1 aromatic rings. The highest BCUT2D eigenvalue weighted by atomic mass is 19.1. The molecular weight excluding hydrogens is 306 g/mol. The van der Waals surface area contributed by atoms with Crippen LogP contribution < -0.4 is 15.8 Å². The molecule has 23 heavy (non-hydrogen) atoms. The van der Waals surface area contributed by atoms with Gasteiger partial charge in [-0.05, 0) is 37.8 Å². The first-order chi connectivity index (χ1) is 10.9. The summed E-state index contributed by atoms with van der Waals surface area (Å²) in [6, 6.07) is 1.99. The first kappa shape index (κ1) is 15.9. The van der Waals surface area contributed by atoms with E-state index in [9.17, 15) is 18.4 Å². The predicted octanol–water partition coefficient (Wildman–Crippen LogP) is 1.30. The molecular formula is C16H18F2N2O3. The molecule has 3 N–H and O–H groups in total. The zero-order valence-electron chi connectivity index (χ0n) is 12.5. The lowest BCUT2D eigenvalue weighted by atomic mass is 9.94. The van der Waals surface area contributed by atoms with Crippen molar-refractivity contribution in [2.75, 3.05) is 6.61 Å². The maximum absolute atomic E-state index is 13.4. The van der Waals surface area contributed by atoms with Gasteiger partial charge >= 0.3 is 0 Å². The molecule has 0 radical (unpaired) electrons. The minimum absolute atomic E-state index is 0.0573. The summed E-state index contributed by atoms with van der Waals surface area (Å²) >= 11 is 0. The molecule has 1 aliphatic heterocycles. The van der Waals surface area contributed by atoms with E-state index in [4.69, 9.17) is 10.5 Å². The molecule has 1 spiro atoms. The lowest BCUT2D eigenvalue weighted by molar-refractivity contribution is -0.124. The van der Waals surface area contributed by atoms with Crippen LogP contribution >= 0.6 is 0 Å². The smallest absolute Gasteiger partial charge is 0.223 e. The van der Waals surface area contributed by atoms with Crippen LogP contribution in [0.1, 0.15) is 25.7 Å². The van der Waals surface area contributed by atoms with E-state index in [1.54, 1.807) is 0 Å². The van der Waals surface area contributed by atoms with Gasteiger partial charge in [-0.2, -0.15) is 0 Å². The molecule has 124 valence electrons. The highest BCUT2D eigenvalue weighted by Crippen LogP contribution is 2.46. The van der Waals surface area contributed by atoms with Crippen LogP contribution in [0.4, 0.5) is 8.78 Å². The van der Waals surface area contributed by atoms with Gasteiger partial charge in [0.15, 0.2) is 17.3 Å². The van der Waals surface area contributed by atoms with Gasteiger partial charge in [0.2, 0.25) is 5.91 Å². The molecule has 1 saturated carbocycles. The highest BCUT2D eigenvalue weighted by Gasteiger charge is 2.52. The van der Waals surface area contributed by atoms with Crippen molar-refractivity contribution in [1.82, 2.24) is 5.32 Å². The van der Waals surface area contributed by atoms with Gasteiger partial charge in [-0.15, -0.1) is 0 Å². The number of hydrogen-bond acceptors (Lipinski definition) is 4. The minimum Gasteiger partial charge on any atom is -0.483 e. The SMILES string of the molecule is N[C@@H](C[C@H]1CC2(CC2)NC1=O)C(=O)COc1ccc(F)cc1F. The zero-order valence-corrected chi connectivity index (χ0v) is 12.5. The van der Waals surface area contributed by atoms with Crippen molar-refractivity contribution >= 4 is 11.7 Å². The fraction of sp³-hybridized carbons (Fsp3) is 0.500. The Bertz CT molecular complexity index is 646. The molecule has 1 saturated heterocycles. The monoisotopic (exact) mass is 324 g/mol. The first-order valence-corrected chi connectivity index (χ1v) is 7.57. The molecule has 7 heteroatoms. The molecule has 0 bridgehead atoms. The fourth-order valence-corrected chi connectivity index (χ4v) is 2.94. The summed E-state index contributed by atoms with van der Waals surface area (Å²) in [5.41, 5.74) is 5.77. The fourth-order valence-electron chi connectivity index (χ4n) is 2.94. The number of halogens is 2. The van der Waals surface area contributed by atoms with Gasteiger partial charge in [-0.3, -0.25) is 9.59 Å². The second-order valence-electron chi connectivity index (χ2n) is 6.34. The van der Waals surface area contributed by atoms with E-state index < -0.39 is 30.1 Å². The second-order valence-corrected chi connectivity index (χ2v) is 6.34. The van der Waals surface area contributed by atoms with Crippen molar-refractivity contribution in [3.63, 3.8) is 0 Å². The molecule has 0 aromatic heterocycles. The van der Waals surface area contributed by atoms with Crippen LogP contribution in [0.2, 0.25) is 0 Å². The number of nitrogens with two attached hydrogens (primary N) is 1. The highest BCUT2D eigenvalue weighted by molar-refractivity contribution is 5.87. The standard InChI is InChI=1S/C16H18F2N2O3/c17-10-1-2-14(11(18)6-10)23-8-13(21)12(19)5-9-7-16(3-4-16)20-15(9)22/h1-2,6,9,12H,3-5,7-8,19H2,(H,20,22)/t9-,12-/m0/s1. The Morgan fingerprint density at radius 1 is 1.43 bits per heavy atom. The Balaban J connectivity index is 1.50. The molecule has 2 fully saturated rings. The van der Waals surface area contributed by atoms with Gasteiger partial charge in [0.1, 0.15) is 12.4 Å². The third-order valence-corrected chi connectivity index (χ3v) is 4.47. The number of rotatable bonds is 6. The molecule has 1 aromatic carbocycles. The average molecular weight is 324 g/mol. The third kappa shape index (κ3) is 3.50. The van der Waals surface area contributed by atoms with Crippen molar-refractivity contribution in [1.29, 1.82) is 0 Å². The van der Waals surface area contributed by atoms with E-state index in [-0.39, 0.29) is 29.5 Å². The summed E-state index contributed by atoms with van der Waals surface area (Å²) in [6.07, 6.45) is 2.92. The number of carbonyl (C=O) groups is 2. The van der Waals surface area contributed by atoms with E-state index in [1.165, 1.54) is 0 Å². The summed E-state index contributed by atoms with van der Waals surface area (Å²) in [5.74, 6) is -2.55. The van der Waals surface area contributed by atoms with Crippen LogP contribution in [-0.2, 0) is 9.59 Å². The van der Waals surface area contributed by atoms with E-state index in [2.05, 4.69) is 5.32 Å². The molecule has 1 amide bonds. The number of ketones is 1. The number of nitrogens with one attached hydrogen (secondary N) is 1. The lowest BCUT2D eigenvalue weighted by Gasteiger charge is -2.14. The summed E-state index contributed by atoms with van der Waals surface area (Å²) in [5, 5.41) is 2.95. The quantitative estimate of drug-likeness (QED) is 0.826. The number of carbonyl (C=O) groups excluding carboxylic acids is 2. The molecule has 3 rings (SSSR count). The lowest BCUT2D eigenvalue weighted by Crippen LogP contribution is -2.37. The number of ether oxygens (including phenoxy) is 1. The molecule has 1 aliphatic carbocycles. The summed E-state index contributed by atoms with van der Waals surface area (Å²) < 4.78 is 31.2. The van der Waals surface area contributed by atoms with Crippen LogP contribution in [0.5, 0.6) is 5.75 Å². The van der Waals surface area contributed by atoms with Gasteiger partial charge in [0.25, 0.3) is 0 Å². The van der Waals surface area contributed by atoms with Crippen molar-refractivity contribution < 1.29 is 23.1 Å². The van der Waals surface area contributed by atoms with Gasteiger partial charge in [0, 0.05) is 17.5 Å². The second kappa shape index (κ2) is 5.88. The zero-order chi connectivity index (χ0) is 16.6. The van der Waals surface area contributed by atoms with E-state index >= 15 is 0 Å². The van der Waals surface area contributed by atoms with Gasteiger partial charge in [0.05, 0.1) is 6.04 Å². The molecule has 2 atom stereocenters. The minimum atomic E-state index is -0.878. The predicted molar refractivity (Wildman–Crippen MR) is 77.7 cm³/mol. The number of hydrogen-bond donors (Lipinski definition) is 2. The number of benzene rings is 1. The van der Waals surface area contributed by atoms with Crippen LogP contribution in [0.15, 0.2) is 18.2 Å². The Hall–Kier alpha value is -2.02. The van der Waals surface area contributed by atoms with Gasteiger partial charge in [-0.1, -0.05) is 0 Å². The largest absolute Gasteiger partial charge is 0.483 e. The van der Waals surface area contributed by atoms with Crippen molar-refractivity contribution in [3.8, 4) is 5.75 Å². The van der Waals surface area contributed by atoms with E-state index in [0.29, 0.717) is 12.5 Å². The van der Waals surface area contributed by atoms with Crippen LogP contribution in [-0.4, -0.2) is 29.9 Å². The maximum Gasteiger partial charge on any atom is 0.223 e. The summed E-state index contributed by atoms with van der Waals surface area (Å²) in [4.78, 5) is 23.8. The van der Waals surface area contributed by atoms with Crippen molar-refractivity contribution in [2.24, 2.45) is 11.7 Å². The summed E-state index contributed by atoms with van der Waals surface area (Å²) in [7, 11) is 0. The van der Waals surface area contributed by atoms with E-state index in [0.717, 1.165) is 25.0 Å². The Morgan fingerprint density at radius 3 is 2.78 bits per heavy atom. The normalized spacial score (nSPS) is 22.7. The van der Waals surface area contributed by atoms with Crippen molar-refractivity contribution in [2.45, 2.75) is 37.3 Å². The molecule has 0 unspecified atom stereocenters. The first-order valence-electron chi connectivity index (χ1n) is 7.57. The number of Topliss-reactive ketones (excluding diaryl/α,β-unsaturated/α-hetero) is 1. The molecule has 1 heterocycles. The van der Waals surface area contributed by atoms with Crippen molar-refractivity contribution in [3.05, 3.63) is 29.8 Å². The molecule has 5 nitrogen and oxygen atoms in total. The Morgan fingerprint density at radius 2 is 2.17 bits per heavy atom. The Labute approximate surface area is 132 Å². The van der Waals surface area contributed by atoms with E-state index in [1.807, 2.05) is 0 Å². The number of amides is 1. The van der Waals surface area contributed by atoms with Gasteiger partial charge < -0.3 is 15.8 Å². The maximum atomic E-state index is 13.4. The summed E-state index contributed by atoms with van der Waals surface area (Å²) in [6.45, 7) is -0.413. The third-order valence-electron chi connectivity index (χ3n) is 4.47.